The molecule has 0 aliphatic carbocycles. The van der Waals surface area contributed by atoms with Crippen LogP contribution in [0.1, 0.15) is 16.1 Å². The van der Waals surface area contributed by atoms with E-state index < -0.39 is 0 Å². The molecular formula is C15H15NO4. The molecule has 1 aromatic carbocycles. The summed E-state index contributed by atoms with van der Waals surface area (Å²) in [4.78, 5) is 16.7. The van der Waals surface area contributed by atoms with Crippen LogP contribution >= 0.6 is 0 Å². The van der Waals surface area contributed by atoms with Crippen LogP contribution in [0.4, 0.5) is 0 Å². The van der Waals surface area contributed by atoms with Crippen LogP contribution < -0.4 is 14.2 Å². The lowest BCUT2D eigenvalue weighted by molar-refractivity contribution is 0.102. The van der Waals surface area contributed by atoms with Gasteiger partial charge in [-0.1, -0.05) is 0 Å². The summed E-state index contributed by atoms with van der Waals surface area (Å²) in [6.07, 6.45) is 1.54. The van der Waals surface area contributed by atoms with Crippen LogP contribution in [0, 0.1) is 0 Å². The van der Waals surface area contributed by atoms with E-state index in [0.29, 0.717) is 22.8 Å². The third-order valence-electron chi connectivity index (χ3n) is 2.86. The van der Waals surface area contributed by atoms with Crippen molar-refractivity contribution in [3.63, 3.8) is 0 Å². The number of ether oxygens (including phenoxy) is 3. The molecule has 1 aromatic heterocycles. The fourth-order valence-electron chi connectivity index (χ4n) is 1.84. The van der Waals surface area contributed by atoms with Gasteiger partial charge in [0.15, 0.2) is 5.69 Å². The fourth-order valence-corrected chi connectivity index (χ4v) is 1.84. The number of hydrogen-bond acceptors (Lipinski definition) is 5. The maximum absolute atomic E-state index is 12.6. The highest BCUT2D eigenvalue weighted by Crippen LogP contribution is 2.28. The molecule has 0 radical (unpaired) electrons. The molecule has 0 unspecified atom stereocenters. The lowest BCUT2D eigenvalue weighted by Crippen LogP contribution is -2.08. The number of hydrogen-bond donors (Lipinski definition) is 0. The zero-order valence-corrected chi connectivity index (χ0v) is 11.5. The van der Waals surface area contributed by atoms with E-state index in [4.69, 9.17) is 14.2 Å². The minimum Gasteiger partial charge on any atom is -0.497 e. The maximum Gasteiger partial charge on any atom is 0.219 e. The van der Waals surface area contributed by atoms with Gasteiger partial charge >= 0.3 is 0 Å². The van der Waals surface area contributed by atoms with E-state index in [1.54, 1.807) is 36.5 Å². The van der Waals surface area contributed by atoms with Gasteiger partial charge in [0.05, 0.1) is 26.9 Å². The second-order valence-corrected chi connectivity index (χ2v) is 3.95. The Balaban J connectivity index is 2.52. The lowest BCUT2D eigenvalue weighted by Gasteiger charge is -2.11. The summed E-state index contributed by atoms with van der Waals surface area (Å²) >= 11 is 0. The van der Waals surface area contributed by atoms with Crippen molar-refractivity contribution >= 4 is 5.78 Å². The topological polar surface area (TPSA) is 57.7 Å². The number of nitrogens with zero attached hydrogens (tertiary/aromatic N) is 1. The number of methoxy groups -OCH3 is 3. The molecule has 5 heteroatoms. The van der Waals surface area contributed by atoms with Crippen molar-refractivity contribution in [2.75, 3.05) is 21.3 Å². The van der Waals surface area contributed by atoms with Crippen molar-refractivity contribution in [1.82, 2.24) is 4.98 Å². The van der Waals surface area contributed by atoms with Gasteiger partial charge in [-0.2, -0.15) is 0 Å². The standard InChI is InChI=1S/C15H15NO4/c1-18-10-6-7-12(19-2)11(9-10)15(17)14-13(20-3)5-4-8-16-14/h4-9H,1-3H3. The minimum atomic E-state index is -0.279. The molecule has 0 amide bonds. The predicted molar refractivity (Wildman–Crippen MR) is 73.8 cm³/mol. The number of rotatable bonds is 5. The first-order valence-corrected chi connectivity index (χ1v) is 5.97. The number of carbonyl (C=O) groups is 1. The van der Waals surface area contributed by atoms with Gasteiger partial charge in [-0.15, -0.1) is 0 Å². The van der Waals surface area contributed by atoms with Gasteiger partial charge in [-0.25, -0.2) is 4.98 Å². The van der Waals surface area contributed by atoms with Crippen molar-refractivity contribution < 1.29 is 19.0 Å². The highest BCUT2D eigenvalue weighted by Gasteiger charge is 2.20. The van der Waals surface area contributed by atoms with E-state index in [0.717, 1.165) is 0 Å². The molecule has 2 aromatic rings. The van der Waals surface area contributed by atoms with E-state index in [2.05, 4.69) is 4.98 Å². The van der Waals surface area contributed by atoms with Crippen LogP contribution in [0.15, 0.2) is 36.5 Å². The first-order chi connectivity index (χ1) is 9.71. The average molecular weight is 273 g/mol. The first-order valence-electron chi connectivity index (χ1n) is 5.97. The van der Waals surface area contributed by atoms with Gasteiger partial charge in [0.1, 0.15) is 17.2 Å². The molecule has 5 nitrogen and oxygen atoms in total. The second kappa shape index (κ2) is 6.06. The molecule has 0 aliphatic heterocycles. The van der Waals surface area contributed by atoms with Crippen molar-refractivity contribution in [2.45, 2.75) is 0 Å². The Morgan fingerprint density at radius 3 is 2.40 bits per heavy atom. The Hall–Kier alpha value is -2.56. The molecule has 0 N–H and O–H groups in total. The zero-order valence-electron chi connectivity index (χ0n) is 11.5. The Kier molecular flexibility index (Phi) is 4.20. The monoisotopic (exact) mass is 273 g/mol. The van der Waals surface area contributed by atoms with Gasteiger partial charge in [0.25, 0.3) is 0 Å². The summed E-state index contributed by atoms with van der Waals surface area (Å²) in [6.45, 7) is 0. The van der Waals surface area contributed by atoms with Crippen LogP contribution in [-0.4, -0.2) is 32.1 Å². The number of benzene rings is 1. The van der Waals surface area contributed by atoms with Crippen LogP contribution in [0.2, 0.25) is 0 Å². The number of carbonyl (C=O) groups excluding carboxylic acids is 1. The molecule has 0 saturated heterocycles. The summed E-state index contributed by atoms with van der Waals surface area (Å²) in [7, 11) is 4.54. The quantitative estimate of drug-likeness (QED) is 0.783. The van der Waals surface area contributed by atoms with E-state index in [1.165, 1.54) is 21.3 Å². The molecule has 0 atom stereocenters. The molecule has 20 heavy (non-hydrogen) atoms. The first kappa shape index (κ1) is 13.9. The number of pyridine rings is 1. The van der Waals surface area contributed by atoms with Gasteiger partial charge in [0.2, 0.25) is 5.78 Å². The Labute approximate surface area is 117 Å². The van der Waals surface area contributed by atoms with Crippen LogP contribution in [0.3, 0.4) is 0 Å². The molecule has 1 heterocycles. The number of aromatic nitrogens is 1. The summed E-state index contributed by atoms with van der Waals surface area (Å²) in [5.41, 5.74) is 0.616. The summed E-state index contributed by atoms with van der Waals surface area (Å²) in [5, 5.41) is 0. The van der Waals surface area contributed by atoms with Crippen LogP contribution in [0.5, 0.6) is 17.2 Å². The summed E-state index contributed by atoms with van der Waals surface area (Å²) in [6, 6.07) is 8.42. The normalized spacial score (nSPS) is 9.95. The molecule has 0 fully saturated rings. The van der Waals surface area contributed by atoms with Gasteiger partial charge in [-0.05, 0) is 30.3 Å². The molecule has 104 valence electrons. The average Bonchev–Trinajstić information content (AvgIpc) is 2.53. The minimum absolute atomic E-state index is 0.238. The van der Waals surface area contributed by atoms with Gasteiger partial charge in [0, 0.05) is 6.20 Å². The van der Waals surface area contributed by atoms with Crippen molar-refractivity contribution in [2.24, 2.45) is 0 Å². The molecule has 0 aliphatic rings. The zero-order chi connectivity index (χ0) is 14.5. The van der Waals surface area contributed by atoms with E-state index in [-0.39, 0.29) is 11.5 Å². The largest absolute Gasteiger partial charge is 0.497 e. The Morgan fingerprint density at radius 2 is 1.75 bits per heavy atom. The highest BCUT2D eigenvalue weighted by molar-refractivity contribution is 6.11. The number of ketones is 1. The van der Waals surface area contributed by atoms with Gasteiger partial charge < -0.3 is 14.2 Å². The third kappa shape index (κ3) is 2.56. The van der Waals surface area contributed by atoms with Crippen LogP contribution in [-0.2, 0) is 0 Å². The highest BCUT2D eigenvalue weighted by atomic mass is 16.5. The van der Waals surface area contributed by atoms with E-state index >= 15 is 0 Å². The molecule has 0 saturated carbocycles. The summed E-state index contributed by atoms with van der Waals surface area (Å²) < 4.78 is 15.5. The predicted octanol–water partition coefficient (Wildman–Crippen LogP) is 2.34. The van der Waals surface area contributed by atoms with Crippen LogP contribution in [0.25, 0.3) is 0 Å². The van der Waals surface area contributed by atoms with Gasteiger partial charge in [-0.3, -0.25) is 4.79 Å². The lowest BCUT2D eigenvalue weighted by atomic mass is 10.1. The maximum atomic E-state index is 12.6. The van der Waals surface area contributed by atoms with Crippen molar-refractivity contribution in [3.8, 4) is 17.2 Å². The molecule has 0 spiro atoms. The molecule has 0 bridgehead atoms. The summed E-state index contributed by atoms with van der Waals surface area (Å²) in [5.74, 6) is 1.17. The smallest absolute Gasteiger partial charge is 0.219 e. The molecule has 2 rings (SSSR count). The fraction of sp³-hybridized carbons (Fsp3) is 0.200. The SMILES string of the molecule is COc1ccc(OC)c(C(=O)c2ncccc2OC)c1. The third-order valence-corrected chi connectivity index (χ3v) is 2.86. The van der Waals surface area contributed by atoms with E-state index in [9.17, 15) is 4.79 Å². The Bertz CT molecular complexity index is 625. The van der Waals surface area contributed by atoms with Crippen molar-refractivity contribution in [1.29, 1.82) is 0 Å². The van der Waals surface area contributed by atoms with Crippen molar-refractivity contribution in [3.05, 3.63) is 47.8 Å². The molecular weight excluding hydrogens is 258 g/mol. The Morgan fingerprint density at radius 1 is 1.00 bits per heavy atom. The second-order valence-electron chi connectivity index (χ2n) is 3.95. The van der Waals surface area contributed by atoms with E-state index in [1.807, 2.05) is 0 Å².